The van der Waals surface area contributed by atoms with Gasteiger partial charge in [-0.25, -0.2) is 4.68 Å². The van der Waals surface area contributed by atoms with Gasteiger partial charge in [-0.3, -0.25) is 4.79 Å². The topological polar surface area (TPSA) is 85.2 Å². The van der Waals surface area contributed by atoms with Crippen LogP contribution in [0.5, 0.6) is 5.75 Å². The van der Waals surface area contributed by atoms with Gasteiger partial charge in [0.1, 0.15) is 17.6 Å². The van der Waals surface area contributed by atoms with Gasteiger partial charge in [-0.1, -0.05) is 42.5 Å². The van der Waals surface area contributed by atoms with Crippen molar-refractivity contribution in [3.63, 3.8) is 0 Å². The van der Waals surface area contributed by atoms with Crippen molar-refractivity contribution >= 4 is 11.6 Å². The average Bonchev–Trinajstić information content (AvgIpc) is 3.23. The molecule has 1 N–H and O–H groups in total. The van der Waals surface area contributed by atoms with E-state index in [1.165, 1.54) is 0 Å². The number of para-hydroxylation sites is 2. The van der Waals surface area contributed by atoms with Crippen molar-refractivity contribution in [2.75, 3.05) is 25.1 Å². The van der Waals surface area contributed by atoms with E-state index in [4.69, 9.17) is 4.74 Å². The number of aromatic nitrogens is 4. The molecule has 8 nitrogen and oxygen atoms in total. The summed E-state index contributed by atoms with van der Waals surface area (Å²) in [5.41, 5.74) is 2.12. The van der Waals surface area contributed by atoms with Crippen molar-refractivity contribution in [3.8, 4) is 5.75 Å². The van der Waals surface area contributed by atoms with Crippen LogP contribution in [0, 0.1) is 6.92 Å². The predicted molar refractivity (Wildman–Crippen MR) is 118 cm³/mol. The fourth-order valence-corrected chi connectivity index (χ4v) is 4.16. The number of amides is 1. The number of piperidine rings is 1. The molecule has 2 aromatic carbocycles. The third kappa shape index (κ3) is 4.84. The number of hydrogen-bond donors (Lipinski definition) is 1. The van der Waals surface area contributed by atoms with Crippen molar-refractivity contribution in [3.05, 3.63) is 66.0 Å². The highest BCUT2D eigenvalue weighted by Crippen LogP contribution is 2.30. The fraction of sp³-hybridized carbons (Fsp3) is 0.391. The minimum absolute atomic E-state index is 0.0428. The first-order valence-electron chi connectivity index (χ1n) is 10.6. The zero-order chi connectivity index (χ0) is 21.6. The zero-order valence-corrected chi connectivity index (χ0v) is 17.9. The number of nitrogens with one attached hydrogen (secondary N) is 1. The van der Waals surface area contributed by atoms with Gasteiger partial charge in [0.25, 0.3) is 0 Å². The van der Waals surface area contributed by atoms with Gasteiger partial charge in [0.2, 0.25) is 5.91 Å². The summed E-state index contributed by atoms with van der Waals surface area (Å²) < 4.78 is 7.14. The Balaban J connectivity index is 1.49. The van der Waals surface area contributed by atoms with Crippen molar-refractivity contribution in [2.24, 2.45) is 0 Å². The lowest BCUT2D eigenvalue weighted by molar-refractivity contribution is -0.125. The molecule has 1 fully saturated rings. The summed E-state index contributed by atoms with van der Waals surface area (Å²) in [6.45, 7) is 3.49. The summed E-state index contributed by atoms with van der Waals surface area (Å²) in [6, 6.07) is 17.5. The van der Waals surface area contributed by atoms with Crippen LogP contribution in [0.4, 0.5) is 5.69 Å². The molecule has 1 aromatic heterocycles. The van der Waals surface area contributed by atoms with Gasteiger partial charge in [0, 0.05) is 25.6 Å². The van der Waals surface area contributed by atoms with Crippen LogP contribution in [0.15, 0.2) is 54.6 Å². The molecular weight excluding hydrogens is 392 g/mol. The number of nitrogens with zero attached hydrogens (tertiary/aromatic N) is 5. The Morgan fingerprint density at radius 1 is 1.19 bits per heavy atom. The normalized spacial score (nSPS) is 17.2. The summed E-state index contributed by atoms with van der Waals surface area (Å²) in [6.07, 6.45) is 2.46. The average molecular weight is 421 g/mol. The summed E-state index contributed by atoms with van der Waals surface area (Å²) >= 11 is 0. The number of carbonyl (C=O) groups excluding carboxylic acids is 1. The maximum atomic E-state index is 13.4. The van der Waals surface area contributed by atoms with Gasteiger partial charge in [0.15, 0.2) is 0 Å². The minimum atomic E-state index is -0.501. The molecule has 31 heavy (non-hydrogen) atoms. The standard InChI is InChI=1S/C23H28N6O2/c1-17-25-26-27-29(17)21(15-18-9-4-3-5-10-18)23(30)24-19-11-8-14-28(16-19)20-12-6-7-13-22(20)31-2/h3-7,9-10,12-13,19,21H,8,11,14-16H2,1-2H3,(H,24,30). The lowest BCUT2D eigenvalue weighted by Gasteiger charge is -2.36. The Labute approximate surface area is 182 Å². The molecule has 2 atom stereocenters. The molecule has 1 saturated heterocycles. The van der Waals surface area contributed by atoms with Crippen LogP contribution in [0.1, 0.15) is 30.3 Å². The molecule has 2 unspecified atom stereocenters. The number of anilines is 1. The SMILES string of the molecule is COc1ccccc1N1CCCC(NC(=O)C(Cc2ccccc2)n2nnnc2C)C1. The highest BCUT2D eigenvalue weighted by atomic mass is 16.5. The summed E-state index contributed by atoms with van der Waals surface area (Å²) in [7, 11) is 1.69. The summed E-state index contributed by atoms with van der Waals surface area (Å²) in [5, 5.41) is 15.1. The molecule has 1 amide bonds. The molecule has 0 radical (unpaired) electrons. The zero-order valence-electron chi connectivity index (χ0n) is 17.9. The second kappa shape index (κ2) is 9.59. The van der Waals surface area contributed by atoms with Crippen LogP contribution in [0.25, 0.3) is 0 Å². The Kier molecular flexibility index (Phi) is 6.45. The lowest BCUT2D eigenvalue weighted by Crippen LogP contribution is -2.50. The molecule has 0 saturated carbocycles. The summed E-state index contributed by atoms with van der Waals surface area (Å²) in [5.74, 6) is 1.40. The van der Waals surface area contributed by atoms with Crippen LogP contribution >= 0.6 is 0 Å². The van der Waals surface area contributed by atoms with E-state index in [9.17, 15) is 4.79 Å². The van der Waals surface area contributed by atoms with E-state index in [1.54, 1.807) is 11.8 Å². The highest BCUT2D eigenvalue weighted by Gasteiger charge is 2.29. The van der Waals surface area contributed by atoms with Crippen molar-refractivity contribution in [2.45, 2.75) is 38.3 Å². The quantitative estimate of drug-likeness (QED) is 0.632. The molecule has 1 aliphatic rings. The number of methoxy groups -OCH3 is 1. The molecule has 1 aliphatic heterocycles. The van der Waals surface area contributed by atoms with Gasteiger partial charge in [-0.2, -0.15) is 0 Å². The van der Waals surface area contributed by atoms with Gasteiger partial charge >= 0.3 is 0 Å². The molecule has 0 bridgehead atoms. The van der Waals surface area contributed by atoms with Crippen molar-refractivity contribution < 1.29 is 9.53 Å². The summed E-state index contributed by atoms with van der Waals surface area (Å²) in [4.78, 5) is 15.6. The van der Waals surface area contributed by atoms with Gasteiger partial charge in [0.05, 0.1) is 12.8 Å². The number of carbonyl (C=O) groups is 1. The Hall–Kier alpha value is -3.42. The first kappa shape index (κ1) is 20.8. The molecule has 0 spiro atoms. The van der Waals surface area contributed by atoms with Crippen molar-refractivity contribution in [1.29, 1.82) is 0 Å². The van der Waals surface area contributed by atoms with Crippen LogP contribution in [-0.2, 0) is 11.2 Å². The van der Waals surface area contributed by atoms with E-state index in [0.717, 1.165) is 42.9 Å². The van der Waals surface area contributed by atoms with E-state index >= 15 is 0 Å². The van der Waals surface area contributed by atoms with Gasteiger partial charge in [-0.15, -0.1) is 5.10 Å². The number of aryl methyl sites for hydroxylation is 1. The third-order valence-corrected chi connectivity index (χ3v) is 5.72. The Morgan fingerprint density at radius 3 is 2.71 bits per heavy atom. The number of benzene rings is 2. The molecule has 4 rings (SSSR count). The van der Waals surface area contributed by atoms with E-state index in [-0.39, 0.29) is 11.9 Å². The van der Waals surface area contributed by atoms with E-state index in [1.807, 2.05) is 55.5 Å². The lowest BCUT2D eigenvalue weighted by atomic mass is 10.0. The molecule has 3 aromatic rings. The van der Waals surface area contributed by atoms with Crippen molar-refractivity contribution in [1.82, 2.24) is 25.5 Å². The first-order chi connectivity index (χ1) is 15.2. The fourth-order valence-electron chi connectivity index (χ4n) is 4.16. The molecular formula is C23H28N6O2. The Morgan fingerprint density at radius 2 is 1.97 bits per heavy atom. The maximum absolute atomic E-state index is 13.4. The first-order valence-corrected chi connectivity index (χ1v) is 10.6. The van der Waals surface area contributed by atoms with E-state index in [2.05, 4.69) is 31.8 Å². The number of rotatable bonds is 7. The van der Waals surface area contributed by atoms with E-state index < -0.39 is 6.04 Å². The second-order valence-corrected chi connectivity index (χ2v) is 7.84. The number of ether oxygens (including phenoxy) is 1. The van der Waals surface area contributed by atoms with E-state index in [0.29, 0.717) is 12.2 Å². The van der Waals surface area contributed by atoms with Crippen LogP contribution in [0.3, 0.4) is 0 Å². The molecule has 8 heteroatoms. The largest absolute Gasteiger partial charge is 0.495 e. The van der Waals surface area contributed by atoms with Crippen LogP contribution in [-0.4, -0.2) is 52.4 Å². The molecule has 0 aliphatic carbocycles. The van der Waals surface area contributed by atoms with Gasteiger partial charge < -0.3 is 15.0 Å². The number of tetrazole rings is 1. The Bertz CT molecular complexity index is 1010. The number of hydrogen-bond acceptors (Lipinski definition) is 6. The smallest absolute Gasteiger partial charge is 0.245 e. The van der Waals surface area contributed by atoms with Crippen LogP contribution < -0.4 is 15.0 Å². The van der Waals surface area contributed by atoms with Gasteiger partial charge in [-0.05, 0) is 47.9 Å². The second-order valence-electron chi connectivity index (χ2n) is 7.84. The monoisotopic (exact) mass is 420 g/mol. The molecule has 162 valence electrons. The molecule has 2 heterocycles. The minimum Gasteiger partial charge on any atom is -0.495 e. The third-order valence-electron chi connectivity index (χ3n) is 5.72. The highest BCUT2D eigenvalue weighted by molar-refractivity contribution is 5.81. The van der Waals surface area contributed by atoms with Crippen LogP contribution in [0.2, 0.25) is 0 Å². The predicted octanol–water partition coefficient (Wildman–Crippen LogP) is 2.56. The maximum Gasteiger partial charge on any atom is 0.245 e.